The van der Waals surface area contributed by atoms with E-state index in [1.165, 1.54) is 13.2 Å². The molecule has 1 heterocycles. The molecule has 18 heavy (non-hydrogen) atoms. The molecule has 2 atom stereocenters. The van der Waals surface area contributed by atoms with Gasteiger partial charge in [-0.05, 0) is 31.9 Å². The van der Waals surface area contributed by atoms with Gasteiger partial charge in [0.2, 0.25) is 0 Å². The van der Waals surface area contributed by atoms with E-state index in [0.717, 1.165) is 0 Å². The van der Waals surface area contributed by atoms with Crippen LogP contribution in [0.1, 0.15) is 25.5 Å². The molecule has 0 spiro atoms. The van der Waals surface area contributed by atoms with E-state index in [2.05, 4.69) is 0 Å². The monoisotopic (exact) mass is 250 g/mol. The van der Waals surface area contributed by atoms with Crippen LogP contribution in [-0.2, 0) is 15.0 Å². The number of allylic oxidation sites excluding steroid dienone is 1. The smallest absolute Gasteiger partial charge is 0.317 e. The minimum atomic E-state index is -1.30. The van der Waals surface area contributed by atoms with E-state index in [4.69, 9.17) is 4.42 Å². The van der Waals surface area contributed by atoms with E-state index >= 15 is 0 Å². The molecule has 1 aromatic rings. The van der Waals surface area contributed by atoms with Crippen molar-refractivity contribution in [3.05, 3.63) is 36.3 Å². The minimum Gasteiger partial charge on any atom is -0.481 e. The number of hydrogen-bond acceptors (Lipinski definition) is 3. The first kappa shape index (κ1) is 12.4. The predicted molar refractivity (Wildman–Crippen MR) is 62.1 cm³/mol. The molecule has 5 heteroatoms. The number of furan rings is 1. The zero-order valence-electron chi connectivity index (χ0n) is 9.92. The van der Waals surface area contributed by atoms with Gasteiger partial charge in [-0.3, -0.25) is 9.59 Å². The maximum absolute atomic E-state index is 11.6. The summed E-state index contributed by atoms with van der Waals surface area (Å²) in [5.41, 5.74) is -2.49. The van der Waals surface area contributed by atoms with Crippen LogP contribution in [0, 0.1) is 5.41 Å². The average Bonchev–Trinajstić information content (AvgIpc) is 2.82. The van der Waals surface area contributed by atoms with Gasteiger partial charge in [-0.2, -0.15) is 0 Å². The van der Waals surface area contributed by atoms with E-state index < -0.39 is 22.8 Å². The van der Waals surface area contributed by atoms with Crippen molar-refractivity contribution in [2.24, 2.45) is 5.41 Å². The number of aliphatic carboxylic acids is 2. The Hall–Kier alpha value is -2.04. The molecule has 0 saturated carbocycles. The quantitative estimate of drug-likeness (QED) is 0.801. The van der Waals surface area contributed by atoms with Crippen molar-refractivity contribution in [3.8, 4) is 0 Å². The third kappa shape index (κ3) is 1.72. The summed E-state index contributed by atoms with van der Waals surface area (Å²) in [6.07, 6.45) is 4.78. The highest BCUT2D eigenvalue weighted by molar-refractivity contribution is 5.85. The molecule has 5 nitrogen and oxygen atoms in total. The first-order chi connectivity index (χ1) is 8.41. The molecule has 1 aromatic heterocycles. The molecule has 0 fully saturated rings. The SMILES string of the molecule is CC1(C(=O)O)C=CCC(C(=O)O)(c2ccco2)C1. The Balaban J connectivity index is 2.49. The fraction of sp³-hybridized carbons (Fsp3) is 0.385. The highest BCUT2D eigenvalue weighted by Crippen LogP contribution is 2.45. The molecule has 0 aliphatic heterocycles. The Morgan fingerprint density at radius 1 is 1.33 bits per heavy atom. The summed E-state index contributed by atoms with van der Waals surface area (Å²) in [6, 6.07) is 3.19. The van der Waals surface area contributed by atoms with E-state index in [1.807, 2.05) is 0 Å². The summed E-state index contributed by atoms with van der Waals surface area (Å²) in [5, 5.41) is 18.7. The summed E-state index contributed by atoms with van der Waals surface area (Å²) in [7, 11) is 0. The molecule has 1 aliphatic rings. The van der Waals surface area contributed by atoms with Gasteiger partial charge in [-0.1, -0.05) is 12.2 Å². The third-order valence-corrected chi connectivity index (χ3v) is 3.51. The largest absolute Gasteiger partial charge is 0.481 e. The molecule has 0 radical (unpaired) electrons. The lowest BCUT2D eigenvalue weighted by Gasteiger charge is -2.36. The predicted octanol–water partition coefficient (Wildman–Crippen LogP) is 2.04. The van der Waals surface area contributed by atoms with Gasteiger partial charge in [0.05, 0.1) is 11.7 Å². The van der Waals surface area contributed by atoms with Gasteiger partial charge in [0.25, 0.3) is 0 Å². The van der Waals surface area contributed by atoms with E-state index in [-0.39, 0.29) is 12.8 Å². The van der Waals surface area contributed by atoms with Crippen molar-refractivity contribution in [3.63, 3.8) is 0 Å². The van der Waals surface area contributed by atoms with Crippen molar-refractivity contribution >= 4 is 11.9 Å². The van der Waals surface area contributed by atoms with Crippen LogP contribution < -0.4 is 0 Å². The number of carboxylic acid groups (broad SMARTS) is 2. The van der Waals surface area contributed by atoms with Crippen molar-refractivity contribution in [2.75, 3.05) is 0 Å². The van der Waals surface area contributed by atoms with Gasteiger partial charge in [-0.25, -0.2) is 0 Å². The molecule has 96 valence electrons. The number of hydrogen-bond donors (Lipinski definition) is 2. The van der Waals surface area contributed by atoms with Crippen molar-refractivity contribution < 1.29 is 24.2 Å². The fourth-order valence-corrected chi connectivity index (χ4v) is 2.43. The molecular formula is C13H14O5. The molecule has 0 saturated heterocycles. The van der Waals surface area contributed by atoms with E-state index in [1.54, 1.807) is 24.3 Å². The minimum absolute atomic E-state index is 0.0192. The summed E-state index contributed by atoms with van der Waals surface area (Å²) in [4.78, 5) is 22.9. The van der Waals surface area contributed by atoms with Crippen LogP contribution in [-0.4, -0.2) is 22.2 Å². The average molecular weight is 250 g/mol. The Morgan fingerprint density at radius 2 is 2.06 bits per heavy atom. The second-order valence-electron chi connectivity index (χ2n) is 4.87. The van der Waals surface area contributed by atoms with Gasteiger partial charge < -0.3 is 14.6 Å². The van der Waals surface area contributed by atoms with Crippen LogP contribution >= 0.6 is 0 Å². The number of carbonyl (C=O) groups is 2. The van der Waals surface area contributed by atoms with Crippen LogP contribution in [0.25, 0.3) is 0 Å². The zero-order valence-corrected chi connectivity index (χ0v) is 9.92. The highest BCUT2D eigenvalue weighted by atomic mass is 16.4. The normalized spacial score (nSPS) is 31.2. The maximum Gasteiger partial charge on any atom is 0.317 e. The fourth-order valence-electron chi connectivity index (χ4n) is 2.43. The van der Waals surface area contributed by atoms with Crippen molar-refractivity contribution in [1.29, 1.82) is 0 Å². The molecule has 1 aliphatic carbocycles. The Labute approximate surface area is 104 Å². The second kappa shape index (κ2) is 4.01. The van der Waals surface area contributed by atoms with Crippen LogP contribution in [0.5, 0.6) is 0 Å². The lowest BCUT2D eigenvalue weighted by molar-refractivity contribution is -0.151. The van der Waals surface area contributed by atoms with Crippen LogP contribution in [0.3, 0.4) is 0 Å². The third-order valence-electron chi connectivity index (χ3n) is 3.51. The van der Waals surface area contributed by atoms with Crippen molar-refractivity contribution in [2.45, 2.75) is 25.2 Å². The van der Waals surface area contributed by atoms with E-state index in [0.29, 0.717) is 5.76 Å². The Bertz CT molecular complexity index is 501. The summed E-state index contributed by atoms with van der Waals surface area (Å²) in [5.74, 6) is -1.79. The van der Waals surface area contributed by atoms with Gasteiger partial charge >= 0.3 is 11.9 Å². The molecule has 2 unspecified atom stereocenters. The molecule has 0 bridgehead atoms. The zero-order chi connectivity index (χ0) is 13.4. The van der Waals surface area contributed by atoms with E-state index in [9.17, 15) is 19.8 Å². The Kier molecular flexibility index (Phi) is 2.77. The second-order valence-corrected chi connectivity index (χ2v) is 4.87. The van der Waals surface area contributed by atoms with Gasteiger partial charge in [0.15, 0.2) is 0 Å². The summed E-state index contributed by atoms with van der Waals surface area (Å²) < 4.78 is 5.20. The lowest BCUT2D eigenvalue weighted by Crippen LogP contribution is -2.44. The molecule has 2 N–H and O–H groups in total. The summed E-state index contributed by atoms with van der Waals surface area (Å²) in [6.45, 7) is 1.52. The molecule has 2 rings (SSSR count). The van der Waals surface area contributed by atoms with Gasteiger partial charge in [0, 0.05) is 0 Å². The maximum atomic E-state index is 11.6. The van der Waals surface area contributed by atoms with Crippen LogP contribution in [0.4, 0.5) is 0 Å². The van der Waals surface area contributed by atoms with Gasteiger partial charge in [0.1, 0.15) is 11.2 Å². The molecule has 0 amide bonds. The highest BCUT2D eigenvalue weighted by Gasteiger charge is 2.51. The summed E-state index contributed by atoms with van der Waals surface area (Å²) >= 11 is 0. The number of rotatable bonds is 3. The first-order valence-corrected chi connectivity index (χ1v) is 5.59. The number of carboxylic acids is 2. The molecule has 0 aromatic carbocycles. The standard InChI is InChI=1S/C13H14O5/c1-12(10(14)15)5-3-6-13(8-12,11(16)17)9-4-2-7-18-9/h2-5,7H,6,8H2,1H3,(H,14,15)(H,16,17). The topological polar surface area (TPSA) is 87.7 Å². The first-order valence-electron chi connectivity index (χ1n) is 5.59. The van der Waals surface area contributed by atoms with Crippen LogP contribution in [0.15, 0.2) is 35.0 Å². The Morgan fingerprint density at radius 3 is 2.56 bits per heavy atom. The van der Waals surface area contributed by atoms with Gasteiger partial charge in [-0.15, -0.1) is 0 Å². The lowest BCUT2D eigenvalue weighted by atomic mass is 9.65. The van der Waals surface area contributed by atoms with Crippen molar-refractivity contribution in [1.82, 2.24) is 0 Å². The molecular weight excluding hydrogens is 236 g/mol. The van der Waals surface area contributed by atoms with Crippen LogP contribution in [0.2, 0.25) is 0 Å².